The predicted octanol–water partition coefficient (Wildman–Crippen LogP) is 2.97. The van der Waals surface area contributed by atoms with Crippen molar-refractivity contribution >= 4 is 17.8 Å². The number of imide groups is 1. The smallest absolute Gasteiger partial charge is 0.325 e. The Bertz CT molecular complexity index is 728. The molecular formula is C22H31N3O3. The van der Waals surface area contributed by atoms with Crippen LogP contribution in [0.1, 0.15) is 51.5 Å². The van der Waals surface area contributed by atoms with Gasteiger partial charge in [0.15, 0.2) is 0 Å². The molecule has 0 spiro atoms. The highest BCUT2D eigenvalue weighted by atomic mass is 16.2. The van der Waals surface area contributed by atoms with Gasteiger partial charge in [0.25, 0.3) is 5.91 Å². The zero-order valence-corrected chi connectivity index (χ0v) is 17.1. The molecule has 1 saturated carbocycles. The van der Waals surface area contributed by atoms with Crippen LogP contribution in [0.3, 0.4) is 0 Å². The van der Waals surface area contributed by atoms with Gasteiger partial charge < -0.3 is 10.2 Å². The number of benzene rings is 1. The first-order valence-corrected chi connectivity index (χ1v) is 10.2. The number of rotatable bonds is 6. The number of likely N-dealkylation sites (N-methyl/N-ethyl adjacent to an activating group) is 1. The Morgan fingerprint density at radius 3 is 2.46 bits per heavy atom. The number of nitrogens with zero attached hydrogens (tertiary/aromatic N) is 2. The van der Waals surface area contributed by atoms with E-state index in [0.717, 1.165) is 36.1 Å². The number of aryl methyl sites for hydroxylation is 1. The van der Waals surface area contributed by atoms with E-state index < -0.39 is 11.6 Å². The highest BCUT2D eigenvalue weighted by molar-refractivity contribution is 6.08. The maximum absolute atomic E-state index is 12.9. The summed E-state index contributed by atoms with van der Waals surface area (Å²) in [5.41, 5.74) is 0.151. The SMILES string of the molecule is CC1CCC(N(C)C(=O)CN2C(=O)N[C@](C)(CCc3ccccc3)C2=O)CC1. The van der Waals surface area contributed by atoms with Gasteiger partial charge in [-0.3, -0.25) is 14.5 Å². The monoisotopic (exact) mass is 385 g/mol. The zero-order chi connectivity index (χ0) is 20.3. The van der Waals surface area contributed by atoms with Crippen molar-refractivity contribution in [3.8, 4) is 0 Å². The fraction of sp³-hybridized carbons (Fsp3) is 0.591. The summed E-state index contributed by atoms with van der Waals surface area (Å²) in [4.78, 5) is 40.8. The van der Waals surface area contributed by atoms with Gasteiger partial charge in [-0.1, -0.05) is 37.3 Å². The molecule has 1 heterocycles. The molecule has 2 fully saturated rings. The van der Waals surface area contributed by atoms with Crippen molar-refractivity contribution < 1.29 is 14.4 Å². The molecule has 3 rings (SSSR count). The molecule has 6 heteroatoms. The summed E-state index contributed by atoms with van der Waals surface area (Å²) in [5, 5.41) is 2.80. The normalized spacial score (nSPS) is 27.6. The van der Waals surface area contributed by atoms with Crippen molar-refractivity contribution in [2.75, 3.05) is 13.6 Å². The standard InChI is InChI=1S/C22H31N3O3/c1-16-9-11-18(12-10-16)24(3)19(26)15-25-20(27)22(2,23-21(25)28)14-13-17-7-5-4-6-8-17/h4-8,16,18H,9-15H2,1-3H3,(H,23,28)/t16?,18?,22-/m1/s1. The molecule has 1 saturated heterocycles. The van der Waals surface area contributed by atoms with Crippen LogP contribution in [0.25, 0.3) is 0 Å². The molecule has 28 heavy (non-hydrogen) atoms. The first-order valence-electron chi connectivity index (χ1n) is 10.2. The van der Waals surface area contributed by atoms with E-state index in [1.165, 1.54) is 0 Å². The summed E-state index contributed by atoms with van der Waals surface area (Å²) >= 11 is 0. The summed E-state index contributed by atoms with van der Waals surface area (Å²) in [6, 6.07) is 9.61. The molecule has 0 bridgehead atoms. The van der Waals surface area contributed by atoms with E-state index in [4.69, 9.17) is 0 Å². The van der Waals surface area contributed by atoms with Gasteiger partial charge in [0.05, 0.1) is 0 Å². The Morgan fingerprint density at radius 2 is 1.82 bits per heavy atom. The average Bonchev–Trinajstić information content (AvgIpc) is 2.90. The molecule has 1 aliphatic heterocycles. The molecule has 6 nitrogen and oxygen atoms in total. The molecule has 0 aromatic heterocycles. The van der Waals surface area contributed by atoms with E-state index in [2.05, 4.69) is 12.2 Å². The van der Waals surface area contributed by atoms with Crippen LogP contribution in [-0.4, -0.2) is 52.8 Å². The molecule has 1 aromatic carbocycles. The third-order valence-electron chi connectivity index (χ3n) is 6.32. The molecule has 1 N–H and O–H groups in total. The van der Waals surface area contributed by atoms with Crippen molar-refractivity contribution in [2.45, 2.75) is 64.0 Å². The number of carbonyl (C=O) groups excluding carboxylic acids is 3. The fourth-order valence-electron chi connectivity index (χ4n) is 4.18. The lowest BCUT2D eigenvalue weighted by atomic mass is 9.87. The van der Waals surface area contributed by atoms with Crippen LogP contribution >= 0.6 is 0 Å². The fourth-order valence-corrected chi connectivity index (χ4v) is 4.18. The van der Waals surface area contributed by atoms with Crippen LogP contribution in [0.15, 0.2) is 30.3 Å². The second-order valence-corrected chi connectivity index (χ2v) is 8.56. The Hall–Kier alpha value is -2.37. The Balaban J connectivity index is 1.59. The summed E-state index contributed by atoms with van der Waals surface area (Å²) in [6.45, 7) is 3.79. The average molecular weight is 386 g/mol. The van der Waals surface area contributed by atoms with Gasteiger partial charge in [0, 0.05) is 13.1 Å². The first-order chi connectivity index (χ1) is 13.3. The number of hydrogen-bond acceptors (Lipinski definition) is 3. The van der Waals surface area contributed by atoms with Gasteiger partial charge in [0.2, 0.25) is 5.91 Å². The van der Waals surface area contributed by atoms with E-state index in [-0.39, 0.29) is 24.4 Å². The maximum atomic E-state index is 12.9. The molecule has 4 amide bonds. The predicted molar refractivity (Wildman–Crippen MR) is 108 cm³/mol. The second-order valence-electron chi connectivity index (χ2n) is 8.56. The van der Waals surface area contributed by atoms with Gasteiger partial charge in [-0.25, -0.2) is 4.79 Å². The third-order valence-corrected chi connectivity index (χ3v) is 6.32. The topological polar surface area (TPSA) is 69.7 Å². The van der Waals surface area contributed by atoms with E-state index in [0.29, 0.717) is 18.8 Å². The molecule has 1 aromatic rings. The van der Waals surface area contributed by atoms with Crippen molar-refractivity contribution in [1.29, 1.82) is 0 Å². The maximum Gasteiger partial charge on any atom is 0.325 e. The highest BCUT2D eigenvalue weighted by Crippen LogP contribution is 2.27. The van der Waals surface area contributed by atoms with Crippen LogP contribution in [0, 0.1) is 5.92 Å². The van der Waals surface area contributed by atoms with E-state index >= 15 is 0 Å². The number of nitrogens with one attached hydrogen (secondary N) is 1. The summed E-state index contributed by atoms with van der Waals surface area (Å²) in [7, 11) is 1.79. The van der Waals surface area contributed by atoms with Crippen LogP contribution in [-0.2, 0) is 16.0 Å². The van der Waals surface area contributed by atoms with E-state index in [1.807, 2.05) is 30.3 Å². The molecule has 2 aliphatic rings. The minimum atomic E-state index is -0.966. The highest BCUT2D eigenvalue weighted by Gasteiger charge is 2.48. The lowest BCUT2D eigenvalue weighted by Gasteiger charge is -2.34. The van der Waals surface area contributed by atoms with Crippen LogP contribution < -0.4 is 5.32 Å². The van der Waals surface area contributed by atoms with Gasteiger partial charge in [-0.15, -0.1) is 0 Å². The molecule has 0 unspecified atom stereocenters. The lowest BCUT2D eigenvalue weighted by Crippen LogP contribution is -2.47. The Labute approximate surface area is 167 Å². The van der Waals surface area contributed by atoms with Gasteiger partial charge in [-0.05, 0) is 56.9 Å². The van der Waals surface area contributed by atoms with Crippen molar-refractivity contribution in [3.05, 3.63) is 35.9 Å². The number of hydrogen-bond donors (Lipinski definition) is 1. The molecule has 1 aliphatic carbocycles. The zero-order valence-electron chi connectivity index (χ0n) is 17.1. The Morgan fingerprint density at radius 1 is 1.18 bits per heavy atom. The van der Waals surface area contributed by atoms with Gasteiger partial charge >= 0.3 is 6.03 Å². The van der Waals surface area contributed by atoms with E-state index in [9.17, 15) is 14.4 Å². The van der Waals surface area contributed by atoms with Crippen LogP contribution in [0.2, 0.25) is 0 Å². The number of amides is 4. The summed E-state index contributed by atoms with van der Waals surface area (Å²) in [6.07, 6.45) is 5.39. The van der Waals surface area contributed by atoms with Crippen molar-refractivity contribution in [1.82, 2.24) is 15.1 Å². The number of urea groups is 1. The number of carbonyl (C=O) groups is 3. The second kappa shape index (κ2) is 8.33. The van der Waals surface area contributed by atoms with Crippen LogP contribution in [0.4, 0.5) is 4.79 Å². The minimum absolute atomic E-state index is 0.171. The molecular weight excluding hydrogens is 354 g/mol. The minimum Gasteiger partial charge on any atom is -0.341 e. The first kappa shape index (κ1) is 20.4. The van der Waals surface area contributed by atoms with Crippen molar-refractivity contribution in [2.24, 2.45) is 5.92 Å². The largest absolute Gasteiger partial charge is 0.341 e. The van der Waals surface area contributed by atoms with Crippen molar-refractivity contribution in [3.63, 3.8) is 0 Å². The lowest BCUT2D eigenvalue weighted by molar-refractivity contribution is -0.139. The quantitative estimate of drug-likeness (QED) is 0.766. The summed E-state index contributed by atoms with van der Waals surface area (Å²) < 4.78 is 0. The van der Waals surface area contributed by atoms with Gasteiger partial charge in [0.1, 0.15) is 12.1 Å². The molecule has 0 radical (unpaired) electrons. The summed E-state index contributed by atoms with van der Waals surface area (Å²) in [5.74, 6) is 0.221. The third kappa shape index (κ3) is 4.37. The Kier molecular flexibility index (Phi) is 6.06. The molecule has 152 valence electrons. The van der Waals surface area contributed by atoms with Gasteiger partial charge in [-0.2, -0.15) is 0 Å². The van der Waals surface area contributed by atoms with E-state index in [1.54, 1.807) is 18.9 Å². The van der Waals surface area contributed by atoms with Crippen LogP contribution in [0.5, 0.6) is 0 Å². The molecule has 1 atom stereocenters.